The van der Waals surface area contributed by atoms with E-state index in [4.69, 9.17) is 8.18 Å². The molecule has 0 aliphatic carbocycles. The van der Waals surface area contributed by atoms with Crippen molar-refractivity contribution in [1.29, 1.82) is 0 Å². The zero-order valence-electron chi connectivity index (χ0n) is 4.98. The topological polar surface area (TPSA) is 68.8 Å². The summed E-state index contributed by atoms with van der Waals surface area (Å²) in [4.78, 5) is 0. The van der Waals surface area contributed by atoms with E-state index in [0.29, 0.717) is 29.1 Å². The van der Waals surface area contributed by atoms with Gasteiger partial charge in [0.15, 0.2) is 0 Å². The monoisotopic (exact) mass is 228 g/mol. The second-order valence-electron chi connectivity index (χ2n) is 1.08. The molecule has 0 aromatic rings. The van der Waals surface area contributed by atoms with Crippen LogP contribution in [0.4, 0.5) is 0 Å². The molecule has 2 radical (unpaired) electrons. The fraction of sp³-hybridized carbons (Fsp3) is 1.00. The first-order valence-electron chi connectivity index (χ1n) is 2.23. The van der Waals surface area contributed by atoms with Crippen LogP contribution >= 0.6 is 0 Å². The summed E-state index contributed by atoms with van der Waals surface area (Å²) >= 11 is 0.300. The zero-order valence-corrected chi connectivity index (χ0v) is 7.83. The third-order valence-electron chi connectivity index (χ3n) is 0.512. The van der Waals surface area contributed by atoms with Crippen LogP contribution in [-0.2, 0) is 3.08 Å². The fourth-order valence-corrected chi connectivity index (χ4v) is 0.158. The standard InChI is InChI=1S/C4H10O.H2O.O.Sn/c1-2-3-4-5;;;/h5H,2-4H2,1H3;1H2;;. The first-order chi connectivity index (χ1) is 3.41. The van der Waals surface area contributed by atoms with Gasteiger partial charge >= 0.3 is 25.6 Å². The Labute approximate surface area is 62.9 Å². The zero-order chi connectivity index (χ0) is 6.12. The Balaban J connectivity index is -0.0000000750. The SMILES string of the molecule is CCCCO.O.[O]=[Sn]. The van der Waals surface area contributed by atoms with E-state index in [0.717, 1.165) is 12.8 Å². The van der Waals surface area contributed by atoms with Crippen LogP contribution in [0.25, 0.3) is 0 Å². The van der Waals surface area contributed by atoms with Crippen LogP contribution in [0, 0.1) is 0 Å². The molecule has 0 saturated heterocycles. The van der Waals surface area contributed by atoms with E-state index in [1.165, 1.54) is 0 Å². The summed E-state index contributed by atoms with van der Waals surface area (Å²) in [5.41, 5.74) is 0. The summed E-state index contributed by atoms with van der Waals surface area (Å²) in [6.45, 7) is 2.40. The number of aliphatic hydroxyl groups excluding tert-OH is 1. The van der Waals surface area contributed by atoms with Gasteiger partial charge in [0.25, 0.3) is 0 Å². The number of aliphatic hydroxyl groups is 1. The molecule has 0 spiro atoms. The van der Waals surface area contributed by atoms with Crippen LogP contribution in [-0.4, -0.2) is 39.7 Å². The average Bonchev–Trinajstić information content (AvgIpc) is 1.75. The molecule has 4 heteroatoms. The Bertz CT molecular complexity index is 25.2. The van der Waals surface area contributed by atoms with Crippen molar-refractivity contribution in [3.8, 4) is 0 Å². The molecule has 8 heavy (non-hydrogen) atoms. The van der Waals surface area contributed by atoms with E-state index in [9.17, 15) is 0 Å². The minimum atomic E-state index is 0. The molecule has 0 bridgehead atoms. The summed E-state index contributed by atoms with van der Waals surface area (Å²) in [6.07, 6.45) is 2.04. The summed E-state index contributed by atoms with van der Waals surface area (Å²) in [7, 11) is 0. The van der Waals surface area contributed by atoms with Crippen molar-refractivity contribution in [1.82, 2.24) is 0 Å². The van der Waals surface area contributed by atoms with Crippen LogP contribution < -0.4 is 0 Å². The Morgan fingerprint density at radius 3 is 1.88 bits per heavy atom. The van der Waals surface area contributed by atoms with E-state index in [1.807, 2.05) is 0 Å². The van der Waals surface area contributed by atoms with Crippen LogP contribution in [0.15, 0.2) is 0 Å². The van der Waals surface area contributed by atoms with Crippen molar-refractivity contribution in [3.63, 3.8) is 0 Å². The number of rotatable bonds is 2. The molecule has 0 unspecified atom stereocenters. The molecule has 0 amide bonds. The molecular weight excluding hydrogens is 215 g/mol. The quantitative estimate of drug-likeness (QED) is 0.643. The van der Waals surface area contributed by atoms with Crippen molar-refractivity contribution in [2.24, 2.45) is 0 Å². The van der Waals surface area contributed by atoms with Gasteiger partial charge in [-0.05, 0) is 6.42 Å². The molecule has 0 aromatic heterocycles. The van der Waals surface area contributed by atoms with Gasteiger partial charge in [0, 0.05) is 6.61 Å². The summed E-state index contributed by atoms with van der Waals surface area (Å²) in [6, 6.07) is 0. The molecule has 0 aliphatic rings. The van der Waals surface area contributed by atoms with Crippen LogP contribution in [0.3, 0.4) is 0 Å². The predicted molar refractivity (Wildman–Crippen MR) is 32.0 cm³/mol. The first-order valence-corrected chi connectivity index (χ1v) is 3.39. The van der Waals surface area contributed by atoms with E-state index in [1.54, 1.807) is 0 Å². The maximum atomic E-state index is 8.34. The minimum absolute atomic E-state index is 0. The summed E-state index contributed by atoms with van der Waals surface area (Å²) < 4.78 is 8.34. The Morgan fingerprint density at radius 2 is 1.88 bits per heavy atom. The van der Waals surface area contributed by atoms with Crippen molar-refractivity contribution in [2.75, 3.05) is 6.61 Å². The van der Waals surface area contributed by atoms with Crippen LogP contribution in [0.1, 0.15) is 19.8 Å². The number of hydrogen-bond donors (Lipinski definition) is 1. The van der Waals surface area contributed by atoms with Crippen molar-refractivity contribution in [2.45, 2.75) is 19.8 Å². The van der Waals surface area contributed by atoms with Crippen molar-refractivity contribution < 1.29 is 13.7 Å². The molecule has 0 rings (SSSR count). The predicted octanol–water partition coefficient (Wildman–Crippen LogP) is -0.546. The van der Waals surface area contributed by atoms with Crippen LogP contribution in [0.5, 0.6) is 0 Å². The molecule has 0 aromatic carbocycles. The van der Waals surface area contributed by atoms with Gasteiger partial charge in [-0.25, -0.2) is 0 Å². The van der Waals surface area contributed by atoms with Gasteiger partial charge in [0.05, 0.1) is 0 Å². The van der Waals surface area contributed by atoms with Gasteiger partial charge in [0.1, 0.15) is 0 Å². The third-order valence-corrected chi connectivity index (χ3v) is 0.512. The Kier molecular flexibility index (Phi) is 51.0. The molecule has 0 fully saturated rings. The van der Waals surface area contributed by atoms with Crippen molar-refractivity contribution in [3.05, 3.63) is 0 Å². The van der Waals surface area contributed by atoms with Crippen molar-refractivity contribution >= 4 is 22.5 Å². The molecule has 0 atom stereocenters. The summed E-state index contributed by atoms with van der Waals surface area (Å²) in [5, 5.41) is 8.07. The second kappa shape index (κ2) is 25.8. The molecule has 0 saturated carbocycles. The molecule has 3 nitrogen and oxygen atoms in total. The van der Waals surface area contributed by atoms with Gasteiger partial charge in [-0.3, -0.25) is 0 Å². The van der Waals surface area contributed by atoms with E-state index >= 15 is 0 Å². The van der Waals surface area contributed by atoms with Crippen LogP contribution in [0.2, 0.25) is 0 Å². The number of hydrogen-bond acceptors (Lipinski definition) is 2. The van der Waals surface area contributed by atoms with Gasteiger partial charge in [0.2, 0.25) is 0 Å². The normalized spacial score (nSPS) is 5.75. The van der Waals surface area contributed by atoms with E-state index < -0.39 is 0 Å². The summed E-state index contributed by atoms with van der Waals surface area (Å²) in [5.74, 6) is 0. The van der Waals surface area contributed by atoms with Gasteiger partial charge in [-0.1, -0.05) is 13.3 Å². The van der Waals surface area contributed by atoms with Gasteiger partial charge < -0.3 is 10.6 Å². The molecule has 0 aliphatic heterocycles. The maximum absolute atomic E-state index is 8.34. The molecule has 0 heterocycles. The molecule has 50 valence electrons. The second-order valence-corrected chi connectivity index (χ2v) is 1.08. The van der Waals surface area contributed by atoms with Gasteiger partial charge in [-0.2, -0.15) is 0 Å². The Hall–Kier alpha value is 0.519. The third kappa shape index (κ3) is 31.3. The fourth-order valence-electron chi connectivity index (χ4n) is 0.158. The first kappa shape index (κ1) is 15.8. The molecule has 3 N–H and O–H groups in total. The Morgan fingerprint density at radius 1 is 1.50 bits per heavy atom. The number of unbranched alkanes of at least 4 members (excludes halogenated alkanes) is 1. The average molecular weight is 227 g/mol. The van der Waals surface area contributed by atoms with E-state index in [2.05, 4.69) is 6.92 Å². The van der Waals surface area contributed by atoms with E-state index in [-0.39, 0.29) is 5.48 Å². The molecular formula is C4H12O3Sn. The van der Waals surface area contributed by atoms with Gasteiger partial charge in [-0.15, -0.1) is 0 Å².